The second kappa shape index (κ2) is 7.40. The highest BCUT2D eigenvalue weighted by Gasteiger charge is 2.34. The Morgan fingerprint density at radius 2 is 2.00 bits per heavy atom. The highest BCUT2D eigenvalue weighted by atomic mass is 35.5. The average Bonchev–Trinajstić information content (AvgIpc) is 2.94. The highest BCUT2D eigenvalue weighted by molar-refractivity contribution is 7.91. The van der Waals surface area contributed by atoms with Crippen LogP contribution >= 0.6 is 11.6 Å². The van der Waals surface area contributed by atoms with Crippen LogP contribution in [0.1, 0.15) is 16.8 Å². The Labute approximate surface area is 150 Å². The number of sulfone groups is 1. The molecule has 0 saturated carbocycles. The molecule has 0 bridgehead atoms. The Hall–Kier alpha value is -2.13. The topological polar surface area (TPSA) is 110 Å². The highest BCUT2D eigenvalue weighted by Crippen LogP contribution is 2.24. The monoisotopic (exact) mass is 388 g/mol. The average molecular weight is 389 g/mol. The van der Waals surface area contributed by atoms with E-state index in [1.165, 1.54) is 32.4 Å². The number of nitrogens with one attached hydrogen (secondary N) is 1. The molecule has 0 radical (unpaired) electrons. The summed E-state index contributed by atoms with van der Waals surface area (Å²) in [4.78, 5) is 37.0. The fraction of sp³-hybridized carbons (Fsp3) is 0.400. The third-order valence-corrected chi connectivity index (χ3v) is 5.99. The maximum absolute atomic E-state index is 12.2. The molecule has 0 aliphatic carbocycles. The number of methoxy groups -OCH3 is 1. The zero-order valence-corrected chi connectivity index (χ0v) is 15.2. The van der Waals surface area contributed by atoms with Crippen molar-refractivity contribution >= 4 is 44.9 Å². The predicted molar refractivity (Wildman–Crippen MR) is 91.3 cm³/mol. The summed E-state index contributed by atoms with van der Waals surface area (Å²) in [6.07, 6.45) is 0.288. The lowest BCUT2D eigenvalue weighted by Gasteiger charge is -2.22. The minimum Gasteiger partial charge on any atom is -0.465 e. The molecule has 1 aliphatic heterocycles. The summed E-state index contributed by atoms with van der Waals surface area (Å²) in [7, 11) is -0.595. The van der Waals surface area contributed by atoms with Crippen molar-refractivity contribution in [1.82, 2.24) is 4.90 Å². The van der Waals surface area contributed by atoms with Gasteiger partial charge in [0.15, 0.2) is 9.84 Å². The van der Waals surface area contributed by atoms with Gasteiger partial charge in [0, 0.05) is 13.1 Å². The van der Waals surface area contributed by atoms with Gasteiger partial charge in [-0.05, 0) is 24.6 Å². The number of rotatable bonds is 3. The lowest BCUT2D eigenvalue weighted by Crippen LogP contribution is -2.43. The van der Waals surface area contributed by atoms with E-state index in [9.17, 15) is 22.8 Å². The number of likely N-dealkylation sites (N-methyl/N-ethyl adjacent to an activating group) is 1. The molecule has 1 aliphatic rings. The van der Waals surface area contributed by atoms with E-state index in [4.69, 9.17) is 11.6 Å². The van der Waals surface area contributed by atoms with E-state index in [-0.39, 0.29) is 34.2 Å². The van der Waals surface area contributed by atoms with E-state index in [0.29, 0.717) is 0 Å². The fourth-order valence-corrected chi connectivity index (χ4v) is 4.39. The van der Waals surface area contributed by atoms with Gasteiger partial charge < -0.3 is 15.0 Å². The second-order valence-corrected chi connectivity index (χ2v) is 8.25. The van der Waals surface area contributed by atoms with E-state index >= 15 is 0 Å². The Balaban J connectivity index is 2.11. The molecular formula is C15H17ClN2O6S. The van der Waals surface area contributed by atoms with E-state index in [0.717, 1.165) is 4.90 Å². The molecule has 1 unspecified atom stereocenters. The Kier molecular flexibility index (Phi) is 5.69. The van der Waals surface area contributed by atoms with Gasteiger partial charge in [-0.1, -0.05) is 11.6 Å². The normalized spacial score (nSPS) is 18.4. The van der Waals surface area contributed by atoms with Gasteiger partial charge in [0.1, 0.15) is 0 Å². The van der Waals surface area contributed by atoms with Crippen LogP contribution in [0, 0.1) is 0 Å². The van der Waals surface area contributed by atoms with Crippen molar-refractivity contribution in [2.24, 2.45) is 0 Å². The van der Waals surface area contributed by atoms with Crippen molar-refractivity contribution in [3.63, 3.8) is 0 Å². The van der Waals surface area contributed by atoms with Crippen LogP contribution in [0.15, 0.2) is 18.2 Å². The number of nitrogens with zero attached hydrogens (tertiary/aromatic N) is 1. The number of carbonyl (C=O) groups is 3. The molecular weight excluding hydrogens is 372 g/mol. The summed E-state index contributed by atoms with van der Waals surface area (Å²) in [5.74, 6) is -2.66. The number of carbonyl (C=O) groups excluding carboxylic acids is 3. The Bertz CT molecular complexity index is 823. The van der Waals surface area contributed by atoms with E-state index in [1.807, 2.05) is 0 Å². The summed E-state index contributed by atoms with van der Waals surface area (Å²) in [5, 5.41) is 2.47. The quantitative estimate of drug-likeness (QED) is 0.603. The van der Waals surface area contributed by atoms with Gasteiger partial charge in [-0.3, -0.25) is 9.59 Å². The lowest BCUT2D eigenvalue weighted by atomic mass is 10.2. The van der Waals surface area contributed by atoms with Gasteiger partial charge in [0.05, 0.1) is 34.9 Å². The number of halogens is 1. The summed E-state index contributed by atoms with van der Waals surface area (Å²) in [6, 6.07) is 3.56. The molecule has 1 aromatic carbocycles. The largest absolute Gasteiger partial charge is 0.465 e. The Morgan fingerprint density at radius 3 is 2.56 bits per heavy atom. The summed E-state index contributed by atoms with van der Waals surface area (Å²) < 4.78 is 27.6. The van der Waals surface area contributed by atoms with Crippen LogP contribution in [-0.4, -0.2) is 62.8 Å². The molecule has 1 heterocycles. The van der Waals surface area contributed by atoms with E-state index in [1.54, 1.807) is 0 Å². The van der Waals surface area contributed by atoms with Crippen LogP contribution in [0.5, 0.6) is 0 Å². The minimum atomic E-state index is -3.18. The molecule has 1 N–H and O–H groups in total. The van der Waals surface area contributed by atoms with Crippen molar-refractivity contribution in [1.29, 1.82) is 0 Å². The third-order valence-electron chi connectivity index (χ3n) is 3.91. The van der Waals surface area contributed by atoms with E-state index < -0.39 is 33.7 Å². The zero-order chi connectivity index (χ0) is 18.8. The number of hydrogen-bond acceptors (Lipinski definition) is 6. The molecule has 0 aromatic heterocycles. The van der Waals surface area contributed by atoms with Crippen LogP contribution in [0.25, 0.3) is 0 Å². The number of anilines is 1. The number of benzene rings is 1. The molecule has 2 rings (SSSR count). The van der Waals surface area contributed by atoms with Gasteiger partial charge in [-0.25, -0.2) is 13.2 Å². The van der Waals surface area contributed by atoms with Gasteiger partial charge >= 0.3 is 17.8 Å². The fourth-order valence-electron chi connectivity index (χ4n) is 2.45. The number of esters is 1. The molecule has 1 atom stereocenters. The Morgan fingerprint density at radius 1 is 1.32 bits per heavy atom. The molecule has 1 saturated heterocycles. The SMILES string of the molecule is COC(=O)c1ccc(Cl)c(NC(=O)C(=O)N(C)C2CCS(=O)(=O)C2)c1. The number of ether oxygens (including phenoxy) is 1. The van der Waals surface area contributed by atoms with Crippen LogP contribution in [0.4, 0.5) is 5.69 Å². The van der Waals surface area contributed by atoms with Crippen LogP contribution in [0.3, 0.4) is 0 Å². The van der Waals surface area contributed by atoms with Crippen molar-refractivity contribution < 1.29 is 27.5 Å². The second-order valence-electron chi connectivity index (χ2n) is 5.61. The maximum atomic E-state index is 12.2. The molecule has 8 nitrogen and oxygen atoms in total. The molecule has 10 heteroatoms. The zero-order valence-electron chi connectivity index (χ0n) is 13.6. The standard InChI is InChI=1S/C15H17ClN2O6S/c1-18(10-5-6-25(22,23)8-10)14(20)13(19)17-12-7-9(15(21)24-2)3-4-11(12)16/h3-4,7,10H,5-6,8H2,1-2H3,(H,17,19). The first-order chi connectivity index (χ1) is 11.6. The van der Waals surface area contributed by atoms with Crippen LogP contribution in [-0.2, 0) is 24.2 Å². The van der Waals surface area contributed by atoms with Crippen molar-refractivity contribution in [2.45, 2.75) is 12.5 Å². The minimum absolute atomic E-state index is 0.0100. The first-order valence-electron chi connectivity index (χ1n) is 7.31. The molecule has 25 heavy (non-hydrogen) atoms. The van der Waals surface area contributed by atoms with Gasteiger partial charge in [-0.2, -0.15) is 0 Å². The van der Waals surface area contributed by atoms with Gasteiger partial charge in [-0.15, -0.1) is 0 Å². The van der Waals surface area contributed by atoms with Crippen LogP contribution < -0.4 is 5.32 Å². The molecule has 1 aromatic rings. The molecule has 2 amide bonds. The van der Waals surface area contributed by atoms with Crippen molar-refractivity contribution in [3.8, 4) is 0 Å². The molecule has 1 fully saturated rings. The lowest BCUT2D eigenvalue weighted by molar-refractivity contribution is -0.143. The summed E-state index contributed by atoms with van der Waals surface area (Å²) in [5.41, 5.74) is 0.236. The molecule has 0 spiro atoms. The predicted octanol–water partition coefficient (Wildman–Crippen LogP) is 0.711. The molecule has 136 valence electrons. The summed E-state index contributed by atoms with van der Waals surface area (Å²) >= 11 is 5.97. The first kappa shape index (κ1) is 19.2. The maximum Gasteiger partial charge on any atom is 0.337 e. The summed E-state index contributed by atoms with van der Waals surface area (Å²) in [6.45, 7) is 0. The van der Waals surface area contributed by atoms with Crippen molar-refractivity contribution in [3.05, 3.63) is 28.8 Å². The smallest absolute Gasteiger partial charge is 0.337 e. The van der Waals surface area contributed by atoms with Gasteiger partial charge in [0.25, 0.3) is 0 Å². The van der Waals surface area contributed by atoms with E-state index in [2.05, 4.69) is 10.1 Å². The van der Waals surface area contributed by atoms with Crippen molar-refractivity contribution in [2.75, 3.05) is 31.0 Å². The number of amides is 2. The number of hydrogen-bond donors (Lipinski definition) is 1. The third kappa shape index (κ3) is 4.49. The van der Waals surface area contributed by atoms with Gasteiger partial charge in [0.2, 0.25) is 0 Å². The first-order valence-corrected chi connectivity index (χ1v) is 9.51. The van der Waals surface area contributed by atoms with Crippen LogP contribution in [0.2, 0.25) is 5.02 Å².